The van der Waals surface area contributed by atoms with Crippen molar-refractivity contribution in [1.29, 1.82) is 0 Å². The standard InChI is InChI=1S/C36H42O8/c1-37-17-19-39-21-23-41-25-27-43-35-29-34(16-14-32-11-7-4-8-12-32)36(44-28-26-42-24-22-40-20-18-38-2)30-33(35)15-13-31-9-5-3-6-10-31/h3-12,29-30H,17-28H2,1-2H3. The van der Waals surface area contributed by atoms with Crippen molar-refractivity contribution in [2.24, 2.45) is 0 Å². The number of hydrogen-bond acceptors (Lipinski definition) is 8. The Hall–Kier alpha value is -3.86. The maximum atomic E-state index is 6.16. The smallest absolute Gasteiger partial charge is 0.136 e. The summed E-state index contributed by atoms with van der Waals surface area (Å²) in [7, 11) is 3.29. The van der Waals surface area contributed by atoms with E-state index in [-0.39, 0.29) is 0 Å². The first-order chi connectivity index (χ1) is 21.8. The highest BCUT2D eigenvalue weighted by Gasteiger charge is 2.11. The Labute approximate surface area is 261 Å². The molecule has 0 radical (unpaired) electrons. The molecule has 0 atom stereocenters. The van der Waals surface area contributed by atoms with Gasteiger partial charge < -0.3 is 37.9 Å². The van der Waals surface area contributed by atoms with E-state index in [9.17, 15) is 0 Å². The summed E-state index contributed by atoms with van der Waals surface area (Å²) in [5.41, 5.74) is 3.16. The van der Waals surface area contributed by atoms with Crippen LogP contribution in [0.5, 0.6) is 11.5 Å². The molecule has 0 N–H and O–H groups in total. The van der Waals surface area contributed by atoms with Gasteiger partial charge in [0.2, 0.25) is 0 Å². The van der Waals surface area contributed by atoms with Crippen molar-refractivity contribution in [3.05, 3.63) is 95.1 Å². The third-order valence-electron chi connectivity index (χ3n) is 5.89. The minimum atomic E-state index is 0.337. The summed E-state index contributed by atoms with van der Waals surface area (Å²) < 4.78 is 44.5. The number of methoxy groups -OCH3 is 2. The lowest BCUT2D eigenvalue weighted by molar-refractivity contribution is 0.0177. The zero-order chi connectivity index (χ0) is 30.9. The molecule has 0 aromatic heterocycles. The van der Waals surface area contributed by atoms with Crippen molar-refractivity contribution in [2.45, 2.75) is 0 Å². The van der Waals surface area contributed by atoms with Crippen LogP contribution < -0.4 is 9.47 Å². The second-order valence-electron chi connectivity index (χ2n) is 9.21. The zero-order valence-electron chi connectivity index (χ0n) is 25.7. The molecule has 0 amide bonds. The van der Waals surface area contributed by atoms with E-state index in [0.717, 1.165) is 11.1 Å². The molecule has 0 heterocycles. The molecule has 0 spiro atoms. The van der Waals surface area contributed by atoms with Gasteiger partial charge in [-0.2, -0.15) is 0 Å². The molecular weight excluding hydrogens is 560 g/mol. The van der Waals surface area contributed by atoms with Gasteiger partial charge in [-0.05, 0) is 24.3 Å². The van der Waals surface area contributed by atoms with Gasteiger partial charge in [0.05, 0.1) is 77.2 Å². The lowest BCUT2D eigenvalue weighted by Gasteiger charge is -2.14. The molecule has 0 bridgehead atoms. The van der Waals surface area contributed by atoms with Gasteiger partial charge in [-0.25, -0.2) is 0 Å². The lowest BCUT2D eigenvalue weighted by Crippen LogP contribution is -2.13. The van der Waals surface area contributed by atoms with Crippen molar-refractivity contribution in [1.82, 2.24) is 0 Å². The highest BCUT2D eigenvalue weighted by molar-refractivity contribution is 5.60. The van der Waals surface area contributed by atoms with Crippen molar-refractivity contribution in [2.75, 3.05) is 93.5 Å². The van der Waals surface area contributed by atoms with E-state index < -0.39 is 0 Å². The first kappa shape index (κ1) is 34.6. The average molecular weight is 603 g/mol. The topological polar surface area (TPSA) is 73.8 Å². The van der Waals surface area contributed by atoms with Gasteiger partial charge in [-0.1, -0.05) is 60.1 Å². The summed E-state index contributed by atoms with van der Waals surface area (Å²) >= 11 is 0. The Morgan fingerprint density at radius 1 is 0.409 bits per heavy atom. The lowest BCUT2D eigenvalue weighted by atomic mass is 10.1. The average Bonchev–Trinajstić information content (AvgIpc) is 3.06. The molecule has 0 aliphatic carbocycles. The fourth-order valence-electron chi connectivity index (χ4n) is 3.67. The van der Waals surface area contributed by atoms with Gasteiger partial charge in [-0.3, -0.25) is 0 Å². The Morgan fingerprint density at radius 2 is 0.750 bits per heavy atom. The fourth-order valence-corrected chi connectivity index (χ4v) is 3.67. The van der Waals surface area contributed by atoms with Gasteiger partial charge in [-0.15, -0.1) is 0 Å². The van der Waals surface area contributed by atoms with E-state index in [1.807, 2.05) is 72.8 Å². The summed E-state index contributed by atoms with van der Waals surface area (Å²) in [6, 6.07) is 23.3. The normalized spacial score (nSPS) is 10.4. The monoisotopic (exact) mass is 602 g/mol. The summed E-state index contributed by atoms with van der Waals surface area (Å²) in [5, 5.41) is 0. The van der Waals surface area contributed by atoms with Gasteiger partial charge in [0.25, 0.3) is 0 Å². The van der Waals surface area contributed by atoms with Crippen molar-refractivity contribution < 1.29 is 37.9 Å². The quantitative estimate of drug-likeness (QED) is 0.137. The van der Waals surface area contributed by atoms with Crippen LogP contribution in [-0.4, -0.2) is 93.5 Å². The number of ether oxygens (including phenoxy) is 8. The van der Waals surface area contributed by atoms with Gasteiger partial charge in [0.15, 0.2) is 0 Å². The van der Waals surface area contributed by atoms with Crippen LogP contribution in [0.4, 0.5) is 0 Å². The van der Waals surface area contributed by atoms with E-state index in [4.69, 9.17) is 37.9 Å². The van der Waals surface area contributed by atoms with Gasteiger partial charge >= 0.3 is 0 Å². The Morgan fingerprint density at radius 3 is 1.11 bits per heavy atom. The van der Waals surface area contributed by atoms with E-state index >= 15 is 0 Å². The Balaban J connectivity index is 1.73. The van der Waals surface area contributed by atoms with Gasteiger partial charge in [0, 0.05) is 37.5 Å². The maximum Gasteiger partial charge on any atom is 0.136 e. The molecule has 234 valence electrons. The molecule has 8 nitrogen and oxygen atoms in total. The minimum absolute atomic E-state index is 0.337. The predicted molar refractivity (Wildman–Crippen MR) is 169 cm³/mol. The van der Waals surface area contributed by atoms with Crippen LogP contribution in [0.2, 0.25) is 0 Å². The van der Waals surface area contributed by atoms with E-state index in [1.54, 1.807) is 14.2 Å². The summed E-state index contributed by atoms with van der Waals surface area (Å²) in [6.07, 6.45) is 0. The van der Waals surface area contributed by atoms with Crippen LogP contribution in [-0.2, 0) is 28.4 Å². The third kappa shape index (κ3) is 14.5. The molecule has 3 aromatic carbocycles. The predicted octanol–water partition coefficient (Wildman–Crippen LogP) is 4.60. The molecule has 8 heteroatoms. The molecule has 0 unspecified atom stereocenters. The number of rotatable bonds is 20. The molecule has 0 aliphatic heterocycles. The molecule has 0 saturated carbocycles. The first-order valence-electron chi connectivity index (χ1n) is 14.7. The third-order valence-corrected chi connectivity index (χ3v) is 5.89. The minimum Gasteiger partial charge on any atom is -0.490 e. The molecule has 3 aromatic rings. The maximum absolute atomic E-state index is 6.16. The number of benzene rings is 3. The van der Waals surface area contributed by atoms with Crippen LogP contribution in [0.3, 0.4) is 0 Å². The van der Waals surface area contributed by atoms with E-state index in [2.05, 4.69) is 23.7 Å². The van der Waals surface area contributed by atoms with Crippen LogP contribution in [0, 0.1) is 23.7 Å². The van der Waals surface area contributed by atoms with Crippen LogP contribution in [0.25, 0.3) is 0 Å². The van der Waals surface area contributed by atoms with Crippen molar-refractivity contribution >= 4 is 0 Å². The molecule has 44 heavy (non-hydrogen) atoms. The summed E-state index contributed by atoms with van der Waals surface area (Å²) in [6.45, 7) is 5.58. The molecule has 0 fully saturated rings. The van der Waals surface area contributed by atoms with E-state index in [1.165, 1.54) is 0 Å². The van der Waals surface area contributed by atoms with Crippen LogP contribution >= 0.6 is 0 Å². The summed E-state index contributed by atoms with van der Waals surface area (Å²) in [4.78, 5) is 0. The highest BCUT2D eigenvalue weighted by atomic mass is 16.6. The zero-order valence-corrected chi connectivity index (χ0v) is 25.7. The fraction of sp³-hybridized carbons (Fsp3) is 0.389. The summed E-state index contributed by atoms with van der Waals surface area (Å²) in [5.74, 6) is 14.1. The molecule has 0 saturated heterocycles. The van der Waals surface area contributed by atoms with E-state index in [0.29, 0.717) is 102 Å². The number of hydrogen-bond donors (Lipinski definition) is 0. The molecule has 0 aliphatic rings. The SMILES string of the molecule is COCCOCCOCCOc1cc(C#Cc2ccccc2)c(OCCOCCOCCOC)cc1C#Cc1ccccc1. The molecular formula is C36H42O8. The van der Waals surface area contributed by atoms with Crippen LogP contribution in [0.15, 0.2) is 72.8 Å². The largest absolute Gasteiger partial charge is 0.490 e. The Bertz CT molecular complexity index is 1200. The Kier molecular flexibility index (Phi) is 17.8. The first-order valence-corrected chi connectivity index (χ1v) is 14.7. The highest BCUT2D eigenvalue weighted by Crippen LogP contribution is 2.29. The second-order valence-corrected chi connectivity index (χ2v) is 9.21. The van der Waals surface area contributed by atoms with Gasteiger partial charge in [0.1, 0.15) is 24.7 Å². The van der Waals surface area contributed by atoms with Crippen molar-refractivity contribution in [3.8, 4) is 35.2 Å². The van der Waals surface area contributed by atoms with Crippen LogP contribution in [0.1, 0.15) is 22.3 Å². The molecule has 3 rings (SSSR count). The second kappa shape index (κ2) is 22.6. The van der Waals surface area contributed by atoms with Crippen molar-refractivity contribution in [3.63, 3.8) is 0 Å².